The van der Waals surface area contributed by atoms with Gasteiger partial charge in [-0.25, -0.2) is 8.78 Å². The van der Waals surface area contributed by atoms with Gasteiger partial charge in [0.05, 0.1) is 0 Å². The number of rotatable bonds is 5. The van der Waals surface area contributed by atoms with Gasteiger partial charge in [-0.3, -0.25) is 4.79 Å². The van der Waals surface area contributed by atoms with Crippen LogP contribution in [-0.2, 0) is 11.2 Å². The second-order valence-electron chi connectivity index (χ2n) is 4.23. The lowest BCUT2D eigenvalue weighted by atomic mass is 10.2. The summed E-state index contributed by atoms with van der Waals surface area (Å²) >= 11 is 4.61. The van der Waals surface area contributed by atoms with Crippen LogP contribution in [0.2, 0.25) is 0 Å². The molecule has 1 aromatic carbocycles. The number of hydrogen-bond acceptors (Lipinski definition) is 2. The topological polar surface area (TPSA) is 29.1 Å². The lowest BCUT2D eigenvalue weighted by molar-refractivity contribution is -0.116. The molecule has 0 bridgehead atoms. The number of aryl methyl sites for hydroxylation is 1. The lowest BCUT2D eigenvalue weighted by Gasteiger charge is -2.08. The Morgan fingerprint density at radius 1 is 1.30 bits per heavy atom. The van der Waals surface area contributed by atoms with Crippen LogP contribution in [0.1, 0.15) is 17.7 Å². The van der Waals surface area contributed by atoms with Crippen molar-refractivity contribution < 1.29 is 13.6 Å². The molecule has 1 aromatic heterocycles. The molecule has 2 rings (SSSR count). The predicted octanol–water partition coefficient (Wildman–Crippen LogP) is 4.75. The highest BCUT2D eigenvalue weighted by atomic mass is 79.9. The molecule has 0 aliphatic carbocycles. The number of hydrogen-bond donors (Lipinski definition) is 1. The van der Waals surface area contributed by atoms with Crippen LogP contribution >= 0.6 is 27.3 Å². The van der Waals surface area contributed by atoms with Crippen LogP contribution in [0, 0.1) is 11.6 Å². The summed E-state index contributed by atoms with van der Waals surface area (Å²) in [5, 5.41) is 4.25. The van der Waals surface area contributed by atoms with Crippen LogP contribution in [0.5, 0.6) is 0 Å². The molecule has 0 unspecified atom stereocenters. The van der Waals surface area contributed by atoms with Crippen LogP contribution < -0.4 is 5.32 Å². The Kier molecular flexibility index (Phi) is 5.25. The maximum absolute atomic E-state index is 13.5. The van der Waals surface area contributed by atoms with Gasteiger partial charge in [0.1, 0.15) is 5.69 Å². The summed E-state index contributed by atoms with van der Waals surface area (Å²) in [5.74, 6) is -1.96. The molecular weight excluding hydrogens is 348 g/mol. The van der Waals surface area contributed by atoms with Gasteiger partial charge < -0.3 is 5.32 Å². The molecule has 0 spiro atoms. The van der Waals surface area contributed by atoms with Crippen LogP contribution in [0.3, 0.4) is 0 Å². The average molecular weight is 360 g/mol. The summed E-state index contributed by atoms with van der Waals surface area (Å²) in [6.07, 6.45) is 1.66. The van der Waals surface area contributed by atoms with Gasteiger partial charge in [0.2, 0.25) is 5.91 Å². The van der Waals surface area contributed by atoms with E-state index in [0.717, 1.165) is 18.6 Å². The third-order valence-electron chi connectivity index (χ3n) is 2.68. The molecule has 106 valence electrons. The number of anilines is 1. The zero-order chi connectivity index (χ0) is 14.5. The molecule has 20 heavy (non-hydrogen) atoms. The van der Waals surface area contributed by atoms with Gasteiger partial charge in [0.15, 0.2) is 11.6 Å². The monoisotopic (exact) mass is 359 g/mol. The maximum atomic E-state index is 13.5. The van der Waals surface area contributed by atoms with Gasteiger partial charge in [0.25, 0.3) is 0 Å². The molecule has 0 radical (unpaired) electrons. The zero-order valence-corrected chi connectivity index (χ0v) is 12.9. The molecule has 0 saturated heterocycles. The van der Waals surface area contributed by atoms with E-state index in [1.54, 1.807) is 11.3 Å². The molecule has 1 heterocycles. The summed E-state index contributed by atoms with van der Waals surface area (Å²) in [7, 11) is 0. The van der Waals surface area contributed by atoms with E-state index in [1.807, 2.05) is 17.5 Å². The molecule has 0 aliphatic rings. The molecule has 2 aromatic rings. The standard InChI is InChI=1S/C14H12BrF2NOS/c15-9-7-11(16)14(12(17)8-9)18-13(19)5-1-3-10-4-2-6-20-10/h2,4,6-8H,1,3,5H2,(H,18,19). The molecule has 6 heteroatoms. The van der Waals surface area contributed by atoms with Crippen molar-refractivity contribution in [2.75, 3.05) is 5.32 Å². The minimum atomic E-state index is -0.788. The van der Waals surface area contributed by atoms with Crippen molar-refractivity contribution in [1.29, 1.82) is 0 Å². The summed E-state index contributed by atoms with van der Waals surface area (Å²) in [6, 6.07) is 6.18. The Hall–Kier alpha value is -1.27. The molecule has 2 nitrogen and oxygen atoms in total. The van der Waals surface area contributed by atoms with Gasteiger partial charge in [-0.05, 0) is 36.4 Å². The summed E-state index contributed by atoms with van der Waals surface area (Å²) in [6.45, 7) is 0. The largest absolute Gasteiger partial charge is 0.321 e. The van der Waals surface area contributed by atoms with Gasteiger partial charge in [-0.2, -0.15) is 0 Å². The van der Waals surface area contributed by atoms with Crippen LogP contribution in [0.4, 0.5) is 14.5 Å². The minimum Gasteiger partial charge on any atom is -0.321 e. The highest BCUT2D eigenvalue weighted by Gasteiger charge is 2.13. The molecule has 0 saturated carbocycles. The van der Waals surface area contributed by atoms with E-state index >= 15 is 0 Å². The first-order valence-corrected chi connectivity index (χ1v) is 7.70. The van der Waals surface area contributed by atoms with Gasteiger partial charge in [-0.1, -0.05) is 22.0 Å². The maximum Gasteiger partial charge on any atom is 0.224 e. The van der Waals surface area contributed by atoms with Crippen molar-refractivity contribution in [2.24, 2.45) is 0 Å². The highest BCUT2D eigenvalue weighted by molar-refractivity contribution is 9.10. The SMILES string of the molecule is O=C(CCCc1cccs1)Nc1c(F)cc(Br)cc1F. The fraction of sp³-hybridized carbons (Fsp3) is 0.214. The minimum absolute atomic E-state index is 0.229. The van der Waals surface area contributed by atoms with Gasteiger partial charge in [-0.15, -0.1) is 11.3 Å². The van der Waals surface area contributed by atoms with Gasteiger partial charge in [0, 0.05) is 15.8 Å². The molecule has 0 aliphatic heterocycles. The van der Waals surface area contributed by atoms with E-state index in [4.69, 9.17) is 0 Å². The second-order valence-corrected chi connectivity index (χ2v) is 6.17. The number of halogens is 3. The van der Waals surface area contributed by atoms with E-state index in [1.165, 1.54) is 4.88 Å². The van der Waals surface area contributed by atoms with E-state index in [0.29, 0.717) is 10.9 Å². The van der Waals surface area contributed by atoms with E-state index in [-0.39, 0.29) is 12.3 Å². The van der Waals surface area contributed by atoms with E-state index < -0.39 is 17.3 Å². The number of carbonyl (C=O) groups is 1. The third-order valence-corrected chi connectivity index (χ3v) is 4.07. The summed E-state index contributed by atoms with van der Waals surface area (Å²) < 4.78 is 27.4. The first-order chi connectivity index (χ1) is 9.56. The van der Waals surface area contributed by atoms with Gasteiger partial charge >= 0.3 is 0 Å². The van der Waals surface area contributed by atoms with Crippen LogP contribution in [-0.4, -0.2) is 5.91 Å². The molecular formula is C14H12BrF2NOS. The highest BCUT2D eigenvalue weighted by Crippen LogP contribution is 2.24. The first kappa shape index (κ1) is 15.1. The normalized spacial score (nSPS) is 10.6. The lowest BCUT2D eigenvalue weighted by Crippen LogP contribution is -2.14. The van der Waals surface area contributed by atoms with Crippen molar-refractivity contribution in [2.45, 2.75) is 19.3 Å². The number of carbonyl (C=O) groups excluding carboxylic acids is 1. The first-order valence-electron chi connectivity index (χ1n) is 6.03. The van der Waals surface area contributed by atoms with Crippen LogP contribution in [0.15, 0.2) is 34.1 Å². The quantitative estimate of drug-likeness (QED) is 0.819. The van der Waals surface area contributed by atoms with Crippen LogP contribution in [0.25, 0.3) is 0 Å². The Balaban J connectivity index is 1.88. The summed E-state index contributed by atoms with van der Waals surface area (Å²) in [5.41, 5.74) is -0.394. The Morgan fingerprint density at radius 3 is 2.60 bits per heavy atom. The van der Waals surface area contributed by atoms with E-state index in [2.05, 4.69) is 21.2 Å². The number of nitrogens with one attached hydrogen (secondary N) is 1. The molecule has 0 atom stereocenters. The smallest absolute Gasteiger partial charge is 0.224 e. The number of benzene rings is 1. The number of amides is 1. The fourth-order valence-electron chi connectivity index (χ4n) is 1.74. The third kappa shape index (κ3) is 4.11. The molecule has 1 amide bonds. The Labute approximate surface area is 127 Å². The van der Waals surface area contributed by atoms with Crippen molar-refractivity contribution in [3.8, 4) is 0 Å². The summed E-state index contributed by atoms with van der Waals surface area (Å²) in [4.78, 5) is 12.9. The average Bonchev–Trinajstić information content (AvgIpc) is 2.87. The zero-order valence-electron chi connectivity index (χ0n) is 10.5. The van der Waals surface area contributed by atoms with Crippen molar-refractivity contribution in [3.63, 3.8) is 0 Å². The molecule has 0 fully saturated rings. The van der Waals surface area contributed by atoms with E-state index in [9.17, 15) is 13.6 Å². The second kappa shape index (κ2) is 6.95. The predicted molar refractivity (Wildman–Crippen MR) is 79.9 cm³/mol. The molecule has 1 N–H and O–H groups in total. The Bertz CT molecular complexity index is 578. The van der Waals surface area contributed by atoms with Crippen molar-refractivity contribution in [1.82, 2.24) is 0 Å². The van der Waals surface area contributed by atoms with Crippen molar-refractivity contribution in [3.05, 3.63) is 50.6 Å². The van der Waals surface area contributed by atoms with Crippen molar-refractivity contribution >= 4 is 38.9 Å². The Morgan fingerprint density at radius 2 is 2.00 bits per heavy atom. The fourth-order valence-corrected chi connectivity index (χ4v) is 2.89. The number of thiophene rings is 1.